The third-order valence-corrected chi connectivity index (χ3v) is 11.2. The lowest BCUT2D eigenvalue weighted by Gasteiger charge is -2.18. The number of methoxy groups -OCH3 is 2. The second-order valence-electron chi connectivity index (χ2n) is 17.2. The standard InChI is InChI=1S/C19H36O4.C19H34O4.C17H16O4/c2*1-3-4-5-6-7-8-9-10-11-12-13-14-18(21)15-19(22)16-23-17(2)20;1-4-13(11-5-7-12(20-2)8-6-11)14-9-16(19)17(21-3)10-15(14)18/h3,18-19,21-22H,1,4-16H2,2H3;1,18-19,21-22H,4-16H2,2H3;4-10,13H,1H2,2-3H3. The number of hydrogen-bond donors (Lipinski definition) is 4. The summed E-state index contributed by atoms with van der Waals surface area (Å²) in [6.45, 7) is 10.0. The molecule has 0 heterocycles. The van der Waals surface area contributed by atoms with E-state index >= 15 is 0 Å². The first-order chi connectivity index (χ1) is 32.2. The molecule has 0 saturated heterocycles. The van der Waals surface area contributed by atoms with E-state index in [2.05, 4.69) is 19.1 Å². The Morgan fingerprint density at radius 2 is 1.04 bits per heavy atom. The van der Waals surface area contributed by atoms with Crippen LogP contribution in [0.25, 0.3) is 0 Å². The molecule has 1 aliphatic carbocycles. The molecular weight excluding hydrogens is 853 g/mol. The molecule has 0 spiro atoms. The van der Waals surface area contributed by atoms with Crippen LogP contribution in [0.1, 0.15) is 179 Å². The Labute approximate surface area is 403 Å². The molecule has 1 aliphatic rings. The van der Waals surface area contributed by atoms with E-state index in [-0.39, 0.29) is 49.3 Å². The van der Waals surface area contributed by atoms with Gasteiger partial charge in [0.2, 0.25) is 5.78 Å². The van der Waals surface area contributed by atoms with Crippen molar-refractivity contribution in [2.24, 2.45) is 0 Å². The molecule has 5 unspecified atom stereocenters. The Balaban J connectivity index is 0.000000976. The zero-order valence-electron chi connectivity index (χ0n) is 41.4. The van der Waals surface area contributed by atoms with Gasteiger partial charge in [0.15, 0.2) is 11.5 Å². The number of unbranched alkanes of at least 4 members (excludes halogenated alkanes) is 18. The van der Waals surface area contributed by atoms with Gasteiger partial charge in [0.1, 0.15) is 19.0 Å². The van der Waals surface area contributed by atoms with Crippen LogP contribution in [-0.4, -0.2) is 95.8 Å². The summed E-state index contributed by atoms with van der Waals surface area (Å²) in [6, 6.07) is 7.30. The minimum absolute atomic E-state index is 0.0286. The van der Waals surface area contributed by atoms with Crippen molar-refractivity contribution >= 4 is 23.5 Å². The number of terminal acetylenes is 1. The first-order valence-corrected chi connectivity index (χ1v) is 24.6. The molecule has 1 aromatic rings. The van der Waals surface area contributed by atoms with Gasteiger partial charge in [0, 0.05) is 50.7 Å². The highest BCUT2D eigenvalue weighted by atomic mass is 16.5. The summed E-state index contributed by atoms with van der Waals surface area (Å²) in [5.74, 6) is 1.74. The summed E-state index contributed by atoms with van der Waals surface area (Å²) in [4.78, 5) is 45.2. The third kappa shape index (κ3) is 34.4. The number of carbonyl (C=O) groups is 4. The van der Waals surface area contributed by atoms with Gasteiger partial charge in [-0.25, -0.2) is 0 Å². The summed E-state index contributed by atoms with van der Waals surface area (Å²) >= 11 is 0. The van der Waals surface area contributed by atoms with Gasteiger partial charge >= 0.3 is 11.9 Å². The zero-order valence-corrected chi connectivity index (χ0v) is 41.4. The van der Waals surface area contributed by atoms with Gasteiger partial charge in [-0.1, -0.05) is 127 Å². The number of benzene rings is 1. The van der Waals surface area contributed by atoms with Crippen LogP contribution in [0.15, 0.2) is 73.1 Å². The number of aliphatic hydroxyl groups excluding tert-OH is 4. The Morgan fingerprint density at radius 3 is 1.43 bits per heavy atom. The number of ether oxygens (including phenoxy) is 4. The van der Waals surface area contributed by atoms with E-state index in [0.717, 1.165) is 56.3 Å². The van der Waals surface area contributed by atoms with Crippen molar-refractivity contribution in [3.8, 4) is 18.1 Å². The van der Waals surface area contributed by atoms with Gasteiger partial charge in [-0.05, 0) is 55.9 Å². The predicted octanol–water partition coefficient (Wildman–Crippen LogP) is 10.3. The van der Waals surface area contributed by atoms with E-state index in [0.29, 0.717) is 18.4 Å². The van der Waals surface area contributed by atoms with Crippen molar-refractivity contribution in [1.29, 1.82) is 0 Å². The molecule has 0 saturated carbocycles. The normalized spacial score (nSPS) is 14.2. The average Bonchev–Trinajstić information content (AvgIpc) is 3.30. The molecule has 0 bridgehead atoms. The number of hydrogen-bond acceptors (Lipinski definition) is 12. The average molecular weight is 939 g/mol. The summed E-state index contributed by atoms with van der Waals surface area (Å²) in [5.41, 5.74) is 1.26. The third-order valence-electron chi connectivity index (χ3n) is 11.2. The van der Waals surface area contributed by atoms with E-state index in [4.69, 9.17) is 25.4 Å². The lowest BCUT2D eigenvalue weighted by molar-refractivity contribution is -0.145. The molecule has 0 amide bonds. The molecule has 1 aromatic carbocycles. The second-order valence-corrected chi connectivity index (χ2v) is 17.2. The Hall–Kier alpha value is -4.54. The lowest BCUT2D eigenvalue weighted by atomic mass is 9.85. The van der Waals surface area contributed by atoms with Crippen LogP contribution in [0.4, 0.5) is 0 Å². The lowest BCUT2D eigenvalue weighted by Crippen LogP contribution is -2.23. The molecule has 0 aromatic heterocycles. The first kappa shape index (κ1) is 62.5. The summed E-state index contributed by atoms with van der Waals surface area (Å²) in [5, 5.41) is 38.8. The number of carbonyl (C=O) groups excluding carboxylic acids is 4. The van der Waals surface area contributed by atoms with Crippen LogP contribution in [0.5, 0.6) is 5.75 Å². The highest BCUT2D eigenvalue weighted by Gasteiger charge is 2.26. The fraction of sp³-hybridized carbons (Fsp3) is 0.636. The molecule has 67 heavy (non-hydrogen) atoms. The largest absolute Gasteiger partial charge is 0.497 e. The molecule has 0 radical (unpaired) electrons. The van der Waals surface area contributed by atoms with Crippen molar-refractivity contribution in [2.75, 3.05) is 27.4 Å². The van der Waals surface area contributed by atoms with Gasteiger partial charge in [-0.15, -0.1) is 25.5 Å². The molecule has 2 rings (SSSR count). The topological polar surface area (TPSA) is 186 Å². The summed E-state index contributed by atoms with van der Waals surface area (Å²) in [6.07, 6.45) is 34.7. The highest BCUT2D eigenvalue weighted by molar-refractivity contribution is 6.19. The van der Waals surface area contributed by atoms with Crippen LogP contribution in [0.3, 0.4) is 0 Å². The molecule has 4 N–H and O–H groups in total. The van der Waals surface area contributed by atoms with Gasteiger partial charge < -0.3 is 39.4 Å². The van der Waals surface area contributed by atoms with Gasteiger partial charge in [-0.3, -0.25) is 19.2 Å². The Bertz CT molecular complexity index is 1610. The second kappa shape index (κ2) is 41.6. The predicted molar refractivity (Wildman–Crippen MR) is 266 cm³/mol. The van der Waals surface area contributed by atoms with Gasteiger partial charge in [0.05, 0.1) is 38.6 Å². The smallest absolute Gasteiger partial charge is 0.302 e. The maximum absolute atomic E-state index is 12.2. The van der Waals surface area contributed by atoms with Crippen molar-refractivity contribution < 1.29 is 58.6 Å². The molecule has 0 fully saturated rings. The van der Waals surface area contributed by atoms with E-state index < -0.39 is 36.4 Å². The van der Waals surface area contributed by atoms with Crippen molar-refractivity contribution in [3.05, 3.63) is 78.6 Å². The Kier molecular flexibility index (Phi) is 38.8. The fourth-order valence-electron chi connectivity index (χ4n) is 7.39. The first-order valence-electron chi connectivity index (χ1n) is 24.6. The van der Waals surface area contributed by atoms with Crippen LogP contribution >= 0.6 is 0 Å². The molecule has 12 nitrogen and oxygen atoms in total. The molecule has 5 atom stereocenters. The van der Waals surface area contributed by atoms with Crippen LogP contribution in [-0.2, 0) is 33.4 Å². The molecule has 378 valence electrons. The number of ketones is 2. The van der Waals surface area contributed by atoms with Crippen LogP contribution < -0.4 is 4.74 Å². The summed E-state index contributed by atoms with van der Waals surface area (Å²) < 4.78 is 19.4. The molecule has 0 aliphatic heterocycles. The molecule has 12 heteroatoms. The highest BCUT2D eigenvalue weighted by Crippen LogP contribution is 2.30. The quantitative estimate of drug-likeness (QED) is 0.0164. The number of aliphatic hydroxyl groups is 4. The van der Waals surface area contributed by atoms with E-state index in [1.807, 2.05) is 18.2 Å². The Morgan fingerprint density at radius 1 is 0.612 bits per heavy atom. The zero-order chi connectivity index (χ0) is 50.1. The SMILES string of the molecule is C#CCCCCCCCCCCCC(O)CC(O)COC(C)=O.C=CC(C1=CC(=O)C(OC)=CC1=O)c1ccc(OC)cc1.C=CCCCCCCCCCCCC(O)CC(O)COC(C)=O. The number of esters is 2. The number of allylic oxidation sites excluding steroid dienone is 5. The van der Waals surface area contributed by atoms with Gasteiger partial charge in [0.25, 0.3) is 0 Å². The fourth-order valence-corrected chi connectivity index (χ4v) is 7.39. The van der Waals surface area contributed by atoms with Crippen LogP contribution in [0.2, 0.25) is 0 Å². The van der Waals surface area contributed by atoms with Crippen molar-refractivity contribution in [2.45, 2.75) is 198 Å². The van der Waals surface area contributed by atoms with E-state index in [1.54, 1.807) is 25.3 Å². The van der Waals surface area contributed by atoms with Crippen molar-refractivity contribution in [1.82, 2.24) is 0 Å². The monoisotopic (exact) mass is 939 g/mol. The summed E-state index contributed by atoms with van der Waals surface area (Å²) in [7, 11) is 2.95. The minimum Gasteiger partial charge on any atom is -0.497 e. The van der Waals surface area contributed by atoms with E-state index in [1.165, 1.54) is 117 Å². The van der Waals surface area contributed by atoms with Crippen LogP contribution in [0, 0.1) is 12.3 Å². The van der Waals surface area contributed by atoms with E-state index in [9.17, 15) is 39.6 Å². The van der Waals surface area contributed by atoms with Crippen molar-refractivity contribution in [3.63, 3.8) is 0 Å². The van der Waals surface area contributed by atoms with Gasteiger partial charge in [-0.2, -0.15) is 0 Å². The maximum Gasteiger partial charge on any atom is 0.302 e. The molecular formula is C55H86O12. The maximum atomic E-state index is 12.2. The number of rotatable bonds is 36. The minimum atomic E-state index is -0.775.